The fourth-order valence-electron chi connectivity index (χ4n) is 2.97. The first kappa shape index (κ1) is 18.0. The zero-order chi connectivity index (χ0) is 13.6. The molecule has 0 aromatic carbocycles. The highest BCUT2D eigenvalue weighted by Crippen LogP contribution is 2.22. The van der Waals surface area contributed by atoms with Gasteiger partial charge in [0.2, 0.25) is 0 Å². The average molecular weight is 255 g/mol. The van der Waals surface area contributed by atoms with Gasteiger partial charge >= 0.3 is 0 Å². The maximum atomic E-state index is 2.38. The smallest absolute Gasteiger partial charge is 0.0443 e. The van der Waals surface area contributed by atoms with Crippen molar-refractivity contribution >= 4 is 0 Å². The Morgan fingerprint density at radius 2 is 0.667 bits per heavy atom. The first-order valence-corrected chi connectivity index (χ1v) is 8.79. The van der Waals surface area contributed by atoms with E-state index in [1.54, 1.807) is 0 Å². The molecule has 0 nitrogen and oxygen atoms in total. The summed E-state index contributed by atoms with van der Waals surface area (Å²) in [5.41, 5.74) is 0. The normalized spacial score (nSPS) is 22.7. The van der Waals surface area contributed by atoms with E-state index in [2.05, 4.69) is 13.8 Å². The quantitative estimate of drug-likeness (QED) is 0.409. The molecule has 2 saturated carbocycles. The van der Waals surface area contributed by atoms with Crippen molar-refractivity contribution in [3.05, 3.63) is 0 Å². The van der Waals surface area contributed by atoms with Gasteiger partial charge in [0.25, 0.3) is 0 Å². The Bertz CT molecular complexity index is 116. The van der Waals surface area contributed by atoms with E-state index in [1.807, 2.05) is 13.8 Å². The van der Waals surface area contributed by atoms with Crippen LogP contribution in [0.5, 0.6) is 0 Å². The van der Waals surface area contributed by atoms with E-state index in [1.165, 1.54) is 77.0 Å². The maximum absolute atomic E-state index is 2.38. The van der Waals surface area contributed by atoms with E-state index in [0.717, 1.165) is 11.8 Å². The molecule has 2 aliphatic rings. The van der Waals surface area contributed by atoms with Crippen LogP contribution in [-0.2, 0) is 0 Å². The van der Waals surface area contributed by atoms with Gasteiger partial charge in [-0.25, -0.2) is 0 Å². The van der Waals surface area contributed by atoms with Crippen LogP contribution in [0.2, 0.25) is 0 Å². The lowest BCUT2D eigenvalue weighted by molar-refractivity contribution is 0.505. The number of hydrogen-bond acceptors (Lipinski definition) is 0. The summed E-state index contributed by atoms with van der Waals surface area (Å²) in [6, 6.07) is 0. The Morgan fingerprint density at radius 3 is 0.889 bits per heavy atom. The monoisotopic (exact) mass is 254 g/mol. The Labute approximate surface area is 117 Å². The van der Waals surface area contributed by atoms with Gasteiger partial charge in [0.1, 0.15) is 0 Å². The molecule has 0 atom stereocenters. The zero-order valence-corrected chi connectivity index (χ0v) is 13.6. The number of hydrogen-bond donors (Lipinski definition) is 0. The van der Waals surface area contributed by atoms with Crippen molar-refractivity contribution in [3.8, 4) is 0 Å². The first-order chi connectivity index (χ1) is 8.79. The molecular weight excluding hydrogens is 216 g/mol. The molecule has 0 radical (unpaired) electrons. The first-order valence-electron chi connectivity index (χ1n) is 8.79. The minimum absolute atomic E-state index is 1.03. The minimum atomic E-state index is 1.03. The summed E-state index contributed by atoms with van der Waals surface area (Å²) >= 11 is 0. The third-order valence-corrected chi connectivity index (χ3v) is 4.29. The van der Waals surface area contributed by atoms with Crippen LogP contribution in [0.3, 0.4) is 0 Å². The van der Waals surface area contributed by atoms with Gasteiger partial charge in [0.15, 0.2) is 0 Å². The predicted octanol–water partition coefficient (Wildman–Crippen LogP) is 6.98. The molecule has 0 bridgehead atoms. The van der Waals surface area contributed by atoms with Gasteiger partial charge in [-0.1, -0.05) is 105 Å². The lowest BCUT2D eigenvalue weighted by Gasteiger charge is -2.02. The van der Waals surface area contributed by atoms with E-state index in [-0.39, 0.29) is 0 Å². The van der Waals surface area contributed by atoms with Crippen molar-refractivity contribution in [2.75, 3.05) is 0 Å². The van der Waals surface area contributed by atoms with Crippen LogP contribution >= 0.6 is 0 Å². The van der Waals surface area contributed by atoms with Crippen LogP contribution in [0, 0.1) is 11.8 Å². The van der Waals surface area contributed by atoms with Gasteiger partial charge in [-0.2, -0.15) is 0 Å². The van der Waals surface area contributed by atoms with Crippen LogP contribution in [0.25, 0.3) is 0 Å². The average Bonchev–Trinajstić information content (AvgIpc) is 2.77. The summed E-state index contributed by atoms with van der Waals surface area (Å²) in [5, 5.41) is 0. The summed E-state index contributed by atoms with van der Waals surface area (Å²) in [6.07, 6.45) is 17.9. The van der Waals surface area contributed by atoms with Crippen LogP contribution in [0.4, 0.5) is 0 Å². The zero-order valence-electron chi connectivity index (χ0n) is 13.6. The summed E-state index contributed by atoms with van der Waals surface area (Å²) in [6.45, 7) is 8.76. The van der Waals surface area contributed by atoms with E-state index in [4.69, 9.17) is 0 Å². The van der Waals surface area contributed by atoms with E-state index < -0.39 is 0 Å². The van der Waals surface area contributed by atoms with Crippen LogP contribution in [0.1, 0.15) is 105 Å². The van der Waals surface area contributed by atoms with Crippen molar-refractivity contribution in [1.29, 1.82) is 0 Å². The highest BCUT2D eigenvalue weighted by Gasteiger charge is 2.05. The molecule has 2 fully saturated rings. The fraction of sp³-hybridized carbons (Fsp3) is 1.00. The van der Waals surface area contributed by atoms with Gasteiger partial charge in [0.05, 0.1) is 0 Å². The second-order valence-electron chi connectivity index (χ2n) is 6.19. The molecule has 110 valence electrons. The molecule has 0 amide bonds. The molecule has 2 aliphatic carbocycles. The largest absolute Gasteiger partial charge is 0.0683 e. The Kier molecular flexibility index (Phi) is 13.4. The van der Waals surface area contributed by atoms with Gasteiger partial charge in [-0.05, 0) is 11.8 Å². The lowest BCUT2D eigenvalue weighted by atomic mass is 10.0. The summed E-state index contributed by atoms with van der Waals surface area (Å²) < 4.78 is 0. The molecule has 2 rings (SSSR count). The predicted molar refractivity (Wildman–Crippen MR) is 85.1 cm³/mol. The highest BCUT2D eigenvalue weighted by atomic mass is 14.1. The van der Waals surface area contributed by atoms with Crippen LogP contribution in [-0.4, -0.2) is 0 Å². The molecule has 0 spiro atoms. The SMILES string of the molecule is CC.CC1CCCCCC1.CC1CCCCCC1. The Morgan fingerprint density at radius 1 is 0.444 bits per heavy atom. The van der Waals surface area contributed by atoms with Crippen molar-refractivity contribution in [2.45, 2.75) is 105 Å². The highest BCUT2D eigenvalue weighted by molar-refractivity contribution is 4.59. The summed E-state index contributed by atoms with van der Waals surface area (Å²) in [7, 11) is 0. The molecule has 0 saturated heterocycles. The second kappa shape index (κ2) is 13.4. The molecule has 0 aromatic rings. The van der Waals surface area contributed by atoms with Crippen molar-refractivity contribution < 1.29 is 0 Å². The summed E-state index contributed by atoms with van der Waals surface area (Å²) in [4.78, 5) is 0. The van der Waals surface area contributed by atoms with Gasteiger partial charge in [-0.15, -0.1) is 0 Å². The molecule has 0 aromatic heterocycles. The molecule has 0 heterocycles. The topological polar surface area (TPSA) is 0 Å². The Balaban J connectivity index is 0.000000283. The van der Waals surface area contributed by atoms with Gasteiger partial charge < -0.3 is 0 Å². The molecular formula is C18H38. The molecule has 0 N–H and O–H groups in total. The van der Waals surface area contributed by atoms with Crippen molar-refractivity contribution in [1.82, 2.24) is 0 Å². The maximum Gasteiger partial charge on any atom is -0.0443 e. The summed E-state index contributed by atoms with van der Waals surface area (Å²) in [5.74, 6) is 2.05. The molecule has 0 aliphatic heterocycles. The van der Waals surface area contributed by atoms with E-state index >= 15 is 0 Å². The Hall–Kier alpha value is 0. The fourth-order valence-corrected chi connectivity index (χ4v) is 2.97. The third-order valence-electron chi connectivity index (χ3n) is 4.29. The minimum Gasteiger partial charge on any atom is -0.0683 e. The molecule has 18 heavy (non-hydrogen) atoms. The van der Waals surface area contributed by atoms with Crippen LogP contribution < -0.4 is 0 Å². The number of rotatable bonds is 0. The third kappa shape index (κ3) is 11.1. The molecule has 0 heteroatoms. The van der Waals surface area contributed by atoms with Gasteiger partial charge in [0, 0.05) is 0 Å². The van der Waals surface area contributed by atoms with Gasteiger partial charge in [-0.3, -0.25) is 0 Å². The standard InChI is InChI=1S/2C8H16.C2H6/c2*1-8-6-4-2-3-5-7-8;1-2/h2*8H,2-7H2,1H3;1-2H3. The second-order valence-corrected chi connectivity index (χ2v) is 6.19. The van der Waals surface area contributed by atoms with E-state index in [9.17, 15) is 0 Å². The van der Waals surface area contributed by atoms with E-state index in [0.29, 0.717) is 0 Å². The van der Waals surface area contributed by atoms with Crippen molar-refractivity contribution in [3.63, 3.8) is 0 Å². The van der Waals surface area contributed by atoms with Crippen LogP contribution in [0.15, 0.2) is 0 Å². The molecule has 0 unspecified atom stereocenters. The lowest BCUT2D eigenvalue weighted by Crippen LogP contribution is -1.88. The van der Waals surface area contributed by atoms with Crippen molar-refractivity contribution in [2.24, 2.45) is 11.8 Å².